The van der Waals surface area contributed by atoms with Crippen LogP contribution in [0.3, 0.4) is 0 Å². The molecule has 1 unspecified atom stereocenters. The molecular formula is C23H21N7O4. The van der Waals surface area contributed by atoms with Gasteiger partial charge in [0.1, 0.15) is 11.9 Å². The average Bonchev–Trinajstić information content (AvgIpc) is 3.57. The van der Waals surface area contributed by atoms with Crippen molar-refractivity contribution < 1.29 is 19.2 Å². The molecule has 0 radical (unpaired) electrons. The van der Waals surface area contributed by atoms with E-state index in [0.29, 0.717) is 35.5 Å². The zero-order valence-corrected chi connectivity index (χ0v) is 18.3. The van der Waals surface area contributed by atoms with E-state index in [2.05, 4.69) is 20.8 Å². The highest BCUT2D eigenvalue weighted by atomic mass is 16.2. The third-order valence-corrected chi connectivity index (χ3v) is 6.17. The minimum Gasteiger partial charge on any atom is -0.319 e. The molecule has 2 aliphatic rings. The van der Waals surface area contributed by atoms with E-state index in [0.717, 1.165) is 11.3 Å². The second-order valence-electron chi connectivity index (χ2n) is 8.37. The highest BCUT2D eigenvalue weighted by Gasteiger charge is 2.49. The molecule has 34 heavy (non-hydrogen) atoms. The van der Waals surface area contributed by atoms with Gasteiger partial charge in [-0.3, -0.25) is 19.3 Å². The molecule has 0 aliphatic carbocycles. The van der Waals surface area contributed by atoms with Crippen molar-refractivity contribution in [2.45, 2.75) is 25.3 Å². The zero-order valence-electron chi connectivity index (χ0n) is 18.3. The molecule has 1 atom stereocenters. The Morgan fingerprint density at radius 2 is 1.88 bits per heavy atom. The molecule has 5 rings (SSSR count). The SMILES string of the molecule is CC1(c2cccc(-n3cnnn3)c2)NC(=O)N(CC(=O)c2cccc(N3CCCC3=O)c2)C1=O. The summed E-state index contributed by atoms with van der Waals surface area (Å²) in [5.41, 5.74) is 0.754. The normalized spacial score (nSPS) is 20.2. The maximum Gasteiger partial charge on any atom is 0.325 e. The number of carbonyl (C=O) groups is 4. The summed E-state index contributed by atoms with van der Waals surface area (Å²) in [6.45, 7) is 1.78. The lowest BCUT2D eigenvalue weighted by Gasteiger charge is -2.22. The number of urea groups is 1. The van der Waals surface area contributed by atoms with E-state index in [4.69, 9.17) is 0 Å². The Balaban J connectivity index is 1.37. The van der Waals surface area contributed by atoms with Gasteiger partial charge in [0, 0.05) is 24.2 Å². The van der Waals surface area contributed by atoms with Crippen LogP contribution in [0.4, 0.5) is 10.5 Å². The fraction of sp³-hybridized carbons (Fsp3) is 0.261. The van der Waals surface area contributed by atoms with Gasteiger partial charge in [-0.2, -0.15) is 0 Å². The Labute approximate surface area is 194 Å². The summed E-state index contributed by atoms with van der Waals surface area (Å²) >= 11 is 0. The van der Waals surface area contributed by atoms with Crippen molar-refractivity contribution in [1.29, 1.82) is 0 Å². The number of benzene rings is 2. The van der Waals surface area contributed by atoms with Gasteiger partial charge in [0.05, 0.1) is 12.2 Å². The summed E-state index contributed by atoms with van der Waals surface area (Å²) in [5, 5.41) is 13.8. The molecule has 172 valence electrons. The van der Waals surface area contributed by atoms with Crippen molar-refractivity contribution in [3.05, 3.63) is 66.0 Å². The van der Waals surface area contributed by atoms with Crippen molar-refractivity contribution >= 4 is 29.3 Å². The molecule has 1 aromatic heterocycles. The molecule has 2 fully saturated rings. The number of carbonyl (C=O) groups excluding carboxylic acids is 4. The van der Waals surface area contributed by atoms with Gasteiger partial charge in [-0.15, -0.1) is 5.10 Å². The van der Waals surface area contributed by atoms with E-state index in [1.165, 1.54) is 11.0 Å². The van der Waals surface area contributed by atoms with Gasteiger partial charge in [0.25, 0.3) is 5.91 Å². The number of imide groups is 1. The predicted octanol–water partition coefficient (Wildman–Crippen LogP) is 1.44. The second-order valence-corrected chi connectivity index (χ2v) is 8.37. The number of amides is 4. The number of aromatic nitrogens is 4. The minimum absolute atomic E-state index is 0.0124. The lowest BCUT2D eigenvalue weighted by molar-refractivity contribution is -0.130. The third kappa shape index (κ3) is 3.60. The number of Topliss-reactive ketones (excluding diaryl/α,β-unsaturated/α-hetero) is 1. The fourth-order valence-corrected chi connectivity index (χ4v) is 4.28. The number of nitrogens with one attached hydrogen (secondary N) is 1. The molecule has 2 aromatic carbocycles. The van der Waals surface area contributed by atoms with E-state index in [-0.39, 0.29) is 5.91 Å². The quantitative estimate of drug-likeness (QED) is 0.436. The monoisotopic (exact) mass is 459 g/mol. The molecule has 3 aromatic rings. The van der Waals surface area contributed by atoms with Crippen LogP contribution in [-0.4, -0.2) is 61.8 Å². The van der Waals surface area contributed by atoms with Crippen molar-refractivity contribution in [1.82, 2.24) is 30.4 Å². The Morgan fingerprint density at radius 1 is 1.09 bits per heavy atom. The van der Waals surface area contributed by atoms with Crippen LogP contribution in [0.15, 0.2) is 54.9 Å². The maximum absolute atomic E-state index is 13.3. The zero-order chi connectivity index (χ0) is 23.9. The Kier molecular flexibility index (Phi) is 5.16. The molecule has 11 heteroatoms. The van der Waals surface area contributed by atoms with Gasteiger partial charge in [-0.05, 0) is 53.6 Å². The third-order valence-electron chi connectivity index (χ3n) is 6.17. The highest BCUT2D eigenvalue weighted by molar-refractivity contribution is 6.11. The van der Waals surface area contributed by atoms with Crippen molar-refractivity contribution in [2.24, 2.45) is 0 Å². The standard InChI is InChI=1S/C23H21N7O4/c1-23(16-6-3-8-18(12-16)30-14-24-26-27-30)21(33)29(22(34)25-23)13-19(31)15-5-2-7-17(11-15)28-10-4-9-20(28)32/h2-3,5-8,11-12,14H,4,9-10,13H2,1H3,(H,25,34). The van der Waals surface area contributed by atoms with Gasteiger partial charge in [-0.1, -0.05) is 24.3 Å². The number of hydrogen-bond donors (Lipinski definition) is 1. The molecule has 4 amide bonds. The first-order valence-electron chi connectivity index (χ1n) is 10.8. The van der Waals surface area contributed by atoms with Crippen LogP contribution in [0, 0.1) is 0 Å². The Hall–Kier alpha value is -4.41. The van der Waals surface area contributed by atoms with E-state index in [1.807, 2.05) is 0 Å². The van der Waals surface area contributed by atoms with E-state index < -0.39 is 29.8 Å². The first kappa shape index (κ1) is 21.4. The molecule has 2 aliphatic heterocycles. The lowest BCUT2D eigenvalue weighted by atomic mass is 9.91. The Bertz CT molecular complexity index is 1310. The minimum atomic E-state index is -1.36. The van der Waals surface area contributed by atoms with Crippen LogP contribution < -0.4 is 10.2 Å². The summed E-state index contributed by atoms with van der Waals surface area (Å²) in [4.78, 5) is 53.6. The first-order valence-corrected chi connectivity index (χ1v) is 10.8. The van der Waals surface area contributed by atoms with Crippen LogP contribution in [0.25, 0.3) is 5.69 Å². The fourth-order valence-electron chi connectivity index (χ4n) is 4.28. The molecule has 11 nitrogen and oxygen atoms in total. The number of anilines is 1. The number of ketones is 1. The topological polar surface area (TPSA) is 130 Å². The van der Waals surface area contributed by atoms with Crippen LogP contribution in [0.2, 0.25) is 0 Å². The molecule has 0 spiro atoms. The van der Waals surface area contributed by atoms with Crippen LogP contribution in [0.5, 0.6) is 0 Å². The summed E-state index contributed by atoms with van der Waals surface area (Å²) in [7, 11) is 0. The van der Waals surface area contributed by atoms with Crippen LogP contribution >= 0.6 is 0 Å². The first-order chi connectivity index (χ1) is 16.4. The summed E-state index contributed by atoms with van der Waals surface area (Å²) in [6, 6.07) is 13.0. The van der Waals surface area contributed by atoms with E-state index in [9.17, 15) is 19.2 Å². The van der Waals surface area contributed by atoms with Gasteiger partial charge in [-0.25, -0.2) is 9.48 Å². The summed E-state index contributed by atoms with van der Waals surface area (Å²) < 4.78 is 1.44. The molecule has 3 heterocycles. The van der Waals surface area contributed by atoms with Crippen LogP contribution in [-0.2, 0) is 15.1 Å². The maximum atomic E-state index is 13.3. The largest absolute Gasteiger partial charge is 0.325 e. The summed E-state index contributed by atoms with van der Waals surface area (Å²) in [5.74, 6) is -0.923. The van der Waals surface area contributed by atoms with Crippen molar-refractivity contribution in [3.8, 4) is 5.69 Å². The van der Waals surface area contributed by atoms with E-state index in [1.54, 1.807) is 60.4 Å². The summed E-state index contributed by atoms with van der Waals surface area (Å²) in [6.07, 6.45) is 2.67. The second kappa shape index (κ2) is 8.18. The molecular weight excluding hydrogens is 438 g/mol. The molecule has 1 N–H and O–H groups in total. The number of rotatable bonds is 6. The molecule has 0 saturated carbocycles. The van der Waals surface area contributed by atoms with E-state index >= 15 is 0 Å². The lowest BCUT2D eigenvalue weighted by Crippen LogP contribution is -2.41. The number of hydrogen-bond acceptors (Lipinski definition) is 7. The number of tetrazole rings is 1. The van der Waals surface area contributed by atoms with Crippen LogP contribution in [0.1, 0.15) is 35.7 Å². The predicted molar refractivity (Wildman–Crippen MR) is 119 cm³/mol. The average molecular weight is 459 g/mol. The smallest absolute Gasteiger partial charge is 0.319 e. The van der Waals surface area contributed by atoms with Crippen molar-refractivity contribution in [2.75, 3.05) is 18.0 Å². The Morgan fingerprint density at radius 3 is 2.62 bits per heavy atom. The van der Waals surface area contributed by atoms with Gasteiger partial charge < -0.3 is 10.2 Å². The highest BCUT2D eigenvalue weighted by Crippen LogP contribution is 2.30. The van der Waals surface area contributed by atoms with Gasteiger partial charge in [0.15, 0.2) is 5.78 Å². The van der Waals surface area contributed by atoms with Gasteiger partial charge >= 0.3 is 6.03 Å². The molecule has 2 saturated heterocycles. The molecule has 0 bridgehead atoms. The number of nitrogens with zero attached hydrogens (tertiary/aromatic N) is 6. The van der Waals surface area contributed by atoms with Gasteiger partial charge in [0.2, 0.25) is 5.91 Å². The van der Waals surface area contributed by atoms with Crippen molar-refractivity contribution in [3.63, 3.8) is 0 Å².